The van der Waals surface area contributed by atoms with E-state index < -0.39 is 0 Å². The van der Waals surface area contributed by atoms with Crippen LogP contribution in [0.2, 0.25) is 0 Å². The zero-order chi connectivity index (χ0) is 10.1. The summed E-state index contributed by atoms with van der Waals surface area (Å²) in [5.74, 6) is 0. The summed E-state index contributed by atoms with van der Waals surface area (Å²) in [6, 6.07) is 6.37. The molecule has 2 aromatic rings. The predicted octanol–water partition coefficient (Wildman–Crippen LogP) is 3.42. The maximum absolute atomic E-state index is 5.26. The third kappa shape index (κ3) is 1.48. The molecule has 0 aliphatic rings. The Kier molecular flexibility index (Phi) is 2.42. The maximum atomic E-state index is 5.26. The molecule has 14 heavy (non-hydrogen) atoms. The van der Waals surface area contributed by atoms with Gasteiger partial charge in [0.25, 0.3) is 0 Å². The van der Waals surface area contributed by atoms with Gasteiger partial charge in [-0.1, -0.05) is 25.2 Å². The number of H-pyrrole nitrogens is 1. The second-order valence-electron chi connectivity index (χ2n) is 3.61. The first-order valence-electron chi connectivity index (χ1n) is 4.91. The van der Waals surface area contributed by atoms with Crippen LogP contribution in [0.25, 0.3) is 10.9 Å². The van der Waals surface area contributed by atoms with E-state index in [4.69, 9.17) is 12.2 Å². The Morgan fingerprint density at radius 3 is 2.93 bits per heavy atom. The molecule has 0 aliphatic heterocycles. The van der Waals surface area contributed by atoms with Crippen molar-refractivity contribution >= 4 is 23.1 Å². The van der Waals surface area contributed by atoms with Crippen molar-refractivity contribution in [1.29, 1.82) is 0 Å². The van der Waals surface area contributed by atoms with Crippen LogP contribution in [0.5, 0.6) is 0 Å². The summed E-state index contributed by atoms with van der Waals surface area (Å²) in [5, 5.41) is 4.36. The van der Waals surface area contributed by atoms with Crippen LogP contribution in [0.15, 0.2) is 18.2 Å². The minimum absolute atomic E-state index is 0.841. The molecule has 1 heterocycles. The third-order valence-corrected chi connectivity index (χ3v) is 2.68. The maximum Gasteiger partial charge on any atom is 0.127 e. The number of aromatic amines is 1. The summed E-state index contributed by atoms with van der Waals surface area (Å²) in [6.07, 6.45) is 1.11. The fourth-order valence-electron chi connectivity index (χ4n) is 1.70. The number of aromatic nitrogens is 2. The van der Waals surface area contributed by atoms with Crippen molar-refractivity contribution in [2.24, 2.45) is 0 Å². The zero-order valence-electron chi connectivity index (χ0n) is 8.50. The van der Waals surface area contributed by atoms with Gasteiger partial charge in [0.1, 0.15) is 4.64 Å². The van der Waals surface area contributed by atoms with Crippen LogP contribution in [-0.2, 0) is 6.54 Å². The lowest BCUT2D eigenvalue weighted by molar-refractivity contribution is 0.620. The second kappa shape index (κ2) is 3.58. The van der Waals surface area contributed by atoms with Gasteiger partial charge in [-0.25, -0.2) is 0 Å². The summed E-state index contributed by atoms with van der Waals surface area (Å²) in [5.41, 5.74) is 2.49. The Bertz CT molecular complexity index is 507. The minimum Gasteiger partial charge on any atom is -0.287 e. The van der Waals surface area contributed by atoms with Crippen LogP contribution in [0.4, 0.5) is 0 Å². The predicted molar refractivity (Wildman–Crippen MR) is 62.2 cm³/mol. The summed E-state index contributed by atoms with van der Waals surface area (Å²) in [6.45, 7) is 5.26. The van der Waals surface area contributed by atoms with Gasteiger partial charge >= 0.3 is 0 Å². The van der Waals surface area contributed by atoms with Gasteiger partial charge in [0, 0.05) is 11.9 Å². The largest absolute Gasteiger partial charge is 0.287 e. The molecule has 3 heteroatoms. The quantitative estimate of drug-likeness (QED) is 0.747. The number of hydrogen-bond acceptors (Lipinski definition) is 1. The van der Waals surface area contributed by atoms with Gasteiger partial charge in [-0.3, -0.25) is 9.78 Å². The van der Waals surface area contributed by atoms with Gasteiger partial charge in [-0.05, 0) is 31.0 Å². The highest BCUT2D eigenvalue weighted by Crippen LogP contribution is 2.17. The molecule has 74 valence electrons. The first kappa shape index (κ1) is 9.46. The Morgan fingerprint density at radius 2 is 2.21 bits per heavy atom. The zero-order valence-corrected chi connectivity index (χ0v) is 9.32. The molecule has 0 atom stereocenters. The molecular weight excluding hydrogens is 192 g/mol. The van der Waals surface area contributed by atoms with Gasteiger partial charge in [0.05, 0.1) is 5.52 Å². The van der Waals surface area contributed by atoms with Gasteiger partial charge in [0.2, 0.25) is 0 Å². The van der Waals surface area contributed by atoms with Crippen LogP contribution >= 0.6 is 12.2 Å². The third-order valence-electron chi connectivity index (χ3n) is 2.37. The van der Waals surface area contributed by atoms with Gasteiger partial charge in [-0.2, -0.15) is 0 Å². The van der Waals surface area contributed by atoms with E-state index in [1.165, 1.54) is 11.1 Å². The van der Waals surface area contributed by atoms with Crippen molar-refractivity contribution in [3.05, 3.63) is 28.4 Å². The standard InChI is InChI=1S/C11H14N2S/c1-3-6-13-10-7-8(2)4-5-9(10)11(14)12-13/h4-5,7H,3,6H2,1-2H3,(H,12,14). The van der Waals surface area contributed by atoms with E-state index in [0.29, 0.717) is 0 Å². The Labute approximate surface area is 88.5 Å². The molecule has 2 nitrogen and oxygen atoms in total. The van der Waals surface area contributed by atoms with Crippen LogP contribution < -0.4 is 0 Å². The number of rotatable bonds is 2. The summed E-state index contributed by atoms with van der Waals surface area (Å²) in [7, 11) is 0. The van der Waals surface area contributed by atoms with E-state index in [-0.39, 0.29) is 0 Å². The first-order valence-corrected chi connectivity index (χ1v) is 5.32. The number of aryl methyl sites for hydroxylation is 2. The lowest BCUT2D eigenvalue weighted by Gasteiger charge is -2.01. The fourth-order valence-corrected chi connectivity index (χ4v) is 1.98. The van der Waals surface area contributed by atoms with E-state index in [9.17, 15) is 0 Å². The highest BCUT2D eigenvalue weighted by atomic mass is 32.1. The molecule has 0 radical (unpaired) electrons. The molecule has 0 saturated heterocycles. The van der Waals surface area contributed by atoms with Crippen molar-refractivity contribution in [3.63, 3.8) is 0 Å². The average Bonchev–Trinajstić information content (AvgIpc) is 2.44. The number of benzene rings is 1. The van der Waals surface area contributed by atoms with Gasteiger partial charge in [0.15, 0.2) is 0 Å². The van der Waals surface area contributed by atoms with E-state index >= 15 is 0 Å². The minimum atomic E-state index is 0.841. The highest BCUT2D eigenvalue weighted by molar-refractivity contribution is 7.71. The van der Waals surface area contributed by atoms with Crippen LogP contribution in [0, 0.1) is 11.6 Å². The normalized spacial score (nSPS) is 11.0. The summed E-state index contributed by atoms with van der Waals surface area (Å²) in [4.78, 5) is 0. The molecule has 0 bridgehead atoms. The topological polar surface area (TPSA) is 20.7 Å². The number of fused-ring (bicyclic) bond motifs is 1. The van der Waals surface area contributed by atoms with E-state index in [1.54, 1.807) is 0 Å². The van der Waals surface area contributed by atoms with Crippen LogP contribution in [-0.4, -0.2) is 9.78 Å². The molecule has 0 aliphatic carbocycles. The van der Waals surface area contributed by atoms with E-state index in [0.717, 1.165) is 23.0 Å². The number of hydrogen-bond donors (Lipinski definition) is 1. The molecule has 0 saturated carbocycles. The van der Waals surface area contributed by atoms with Crippen molar-refractivity contribution in [3.8, 4) is 0 Å². The van der Waals surface area contributed by atoms with Crippen molar-refractivity contribution in [2.75, 3.05) is 0 Å². The summed E-state index contributed by atoms with van der Waals surface area (Å²) >= 11 is 5.26. The Morgan fingerprint density at radius 1 is 1.43 bits per heavy atom. The first-order chi connectivity index (χ1) is 6.72. The van der Waals surface area contributed by atoms with Crippen molar-refractivity contribution in [2.45, 2.75) is 26.8 Å². The van der Waals surface area contributed by atoms with Crippen LogP contribution in [0.1, 0.15) is 18.9 Å². The van der Waals surface area contributed by atoms with Crippen molar-refractivity contribution < 1.29 is 0 Å². The molecule has 1 aromatic carbocycles. The average molecular weight is 206 g/mol. The molecule has 0 spiro atoms. The lowest BCUT2D eigenvalue weighted by atomic mass is 10.2. The van der Waals surface area contributed by atoms with Crippen LogP contribution in [0.3, 0.4) is 0 Å². The highest BCUT2D eigenvalue weighted by Gasteiger charge is 2.02. The molecule has 0 fully saturated rings. The molecule has 1 aromatic heterocycles. The number of nitrogens with one attached hydrogen (secondary N) is 1. The smallest absolute Gasteiger partial charge is 0.127 e. The molecule has 0 unspecified atom stereocenters. The fraction of sp³-hybridized carbons (Fsp3) is 0.364. The second-order valence-corrected chi connectivity index (χ2v) is 4.02. The lowest BCUT2D eigenvalue weighted by Crippen LogP contribution is -1.98. The van der Waals surface area contributed by atoms with E-state index in [2.05, 4.69) is 41.8 Å². The Balaban J connectivity index is 2.72. The molecular formula is C11H14N2S. The van der Waals surface area contributed by atoms with Crippen molar-refractivity contribution in [1.82, 2.24) is 9.78 Å². The Hall–Kier alpha value is -1.09. The molecule has 1 N–H and O–H groups in total. The number of nitrogens with zero attached hydrogens (tertiary/aromatic N) is 1. The summed E-state index contributed by atoms with van der Waals surface area (Å²) < 4.78 is 2.97. The van der Waals surface area contributed by atoms with Gasteiger partial charge in [-0.15, -0.1) is 0 Å². The monoisotopic (exact) mass is 206 g/mol. The SMILES string of the molecule is CCCn1[nH]c(=S)c2ccc(C)cc21. The molecule has 2 rings (SSSR count). The van der Waals surface area contributed by atoms with Gasteiger partial charge < -0.3 is 0 Å². The van der Waals surface area contributed by atoms with E-state index in [1.807, 2.05) is 0 Å². The molecule has 0 amide bonds.